The minimum atomic E-state index is -0.108. The molecule has 0 amide bonds. The molecule has 1 aliphatic heterocycles. The zero-order valence-corrected chi connectivity index (χ0v) is 10.0. The van der Waals surface area contributed by atoms with Gasteiger partial charge in [-0.15, -0.1) is 0 Å². The fourth-order valence-electron chi connectivity index (χ4n) is 1.88. The summed E-state index contributed by atoms with van der Waals surface area (Å²) in [5.41, 5.74) is 0. The van der Waals surface area contributed by atoms with E-state index in [2.05, 4.69) is 11.8 Å². The number of carbonyl (C=O) groups is 1. The summed E-state index contributed by atoms with van der Waals surface area (Å²) in [6, 6.07) is 0. The molecule has 0 aromatic heterocycles. The Hall–Kier alpha value is -0.610. The van der Waals surface area contributed by atoms with Crippen LogP contribution >= 0.6 is 0 Å². The van der Waals surface area contributed by atoms with Crippen LogP contribution in [0, 0.1) is 0 Å². The normalized spacial score (nSPS) is 23.1. The second kappa shape index (κ2) is 6.08. The third kappa shape index (κ3) is 4.62. The molecule has 1 saturated heterocycles. The van der Waals surface area contributed by atoms with Gasteiger partial charge in [0.05, 0.1) is 6.54 Å². The number of ether oxygens (including phenoxy) is 1. The summed E-state index contributed by atoms with van der Waals surface area (Å²) in [5.74, 6) is -0.108. The lowest BCUT2D eigenvalue weighted by atomic mass is 10.1. The van der Waals surface area contributed by atoms with Crippen LogP contribution in [0.1, 0.15) is 19.8 Å². The molecule has 1 fully saturated rings. The predicted octanol–water partition coefficient (Wildman–Crippen LogP) is 0.575. The lowest BCUT2D eigenvalue weighted by Crippen LogP contribution is -2.41. The Balaban J connectivity index is 2.28. The molecule has 0 saturated carbocycles. The van der Waals surface area contributed by atoms with E-state index in [0.717, 1.165) is 32.5 Å². The van der Waals surface area contributed by atoms with Crippen molar-refractivity contribution >= 4 is 5.97 Å². The second-order valence-corrected chi connectivity index (χ2v) is 4.39. The van der Waals surface area contributed by atoms with Crippen molar-refractivity contribution < 1.29 is 9.53 Å². The minimum Gasteiger partial charge on any atom is -0.460 e. The van der Waals surface area contributed by atoms with Gasteiger partial charge in [-0.2, -0.15) is 0 Å². The van der Waals surface area contributed by atoms with Gasteiger partial charge < -0.3 is 4.74 Å². The fraction of sp³-hybridized carbons (Fsp3) is 0.909. The number of hydrogen-bond acceptors (Lipinski definition) is 4. The highest BCUT2D eigenvalue weighted by Gasteiger charge is 2.21. The van der Waals surface area contributed by atoms with Crippen LogP contribution in [0.4, 0.5) is 0 Å². The van der Waals surface area contributed by atoms with Crippen LogP contribution in [0.2, 0.25) is 0 Å². The Morgan fingerprint density at radius 3 is 2.87 bits per heavy atom. The first kappa shape index (κ1) is 12.5. The van der Waals surface area contributed by atoms with E-state index in [9.17, 15) is 4.79 Å². The number of rotatable bonds is 4. The molecule has 0 bridgehead atoms. The van der Waals surface area contributed by atoms with E-state index in [1.807, 2.05) is 19.0 Å². The molecule has 0 unspecified atom stereocenters. The van der Waals surface area contributed by atoms with Crippen molar-refractivity contribution in [3.8, 4) is 0 Å². The van der Waals surface area contributed by atoms with E-state index in [1.165, 1.54) is 0 Å². The highest BCUT2D eigenvalue weighted by Crippen LogP contribution is 2.12. The second-order valence-electron chi connectivity index (χ2n) is 4.39. The number of nitrogens with zero attached hydrogens (tertiary/aromatic N) is 2. The summed E-state index contributed by atoms with van der Waals surface area (Å²) in [4.78, 5) is 15.6. The largest absolute Gasteiger partial charge is 0.460 e. The van der Waals surface area contributed by atoms with Gasteiger partial charge in [0.15, 0.2) is 0 Å². The molecule has 4 heteroatoms. The maximum Gasteiger partial charge on any atom is 0.320 e. The molecule has 1 atom stereocenters. The molecule has 88 valence electrons. The number of likely N-dealkylation sites (N-methyl/N-ethyl adjacent to an activating group) is 2. The SMILES string of the molecule is CCN1CCC[C@H](OC(=O)CN(C)C)C1. The van der Waals surface area contributed by atoms with Crippen molar-refractivity contribution in [2.75, 3.05) is 40.3 Å². The lowest BCUT2D eigenvalue weighted by molar-refractivity contribution is -0.152. The first-order chi connectivity index (χ1) is 7.11. The highest BCUT2D eigenvalue weighted by molar-refractivity contribution is 5.71. The van der Waals surface area contributed by atoms with Gasteiger partial charge in [0.2, 0.25) is 0 Å². The van der Waals surface area contributed by atoms with Crippen LogP contribution < -0.4 is 0 Å². The van der Waals surface area contributed by atoms with Crippen LogP contribution in [0.3, 0.4) is 0 Å². The number of hydrogen-bond donors (Lipinski definition) is 0. The van der Waals surface area contributed by atoms with Gasteiger partial charge in [-0.25, -0.2) is 0 Å². The van der Waals surface area contributed by atoms with E-state index < -0.39 is 0 Å². The van der Waals surface area contributed by atoms with E-state index in [0.29, 0.717) is 6.54 Å². The van der Waals surface area contributed by atoms with Crippen molar-refractivity contribution in [1.82, 2.24) is 9.80 Å². The maximum atomic E-state index is 11.4. The quantitative estimate of drug-likeness (QED) is 0.641. The molecular formula is C11H22N2O2. The Kier molecular flexibility index (Phi) is 5.05. The Morgan fingerprint density at radius 1 is 1.53 bits per heavy atom. The van der Waals surface area contributed by atoms with Gasteiger partial charge in [-0.3, -0.25) is 14.6 Å². The summed E-state index contributed by atoms with van der Waals surface area (Å²) >= 11 is 0. The predicted molar refractivity (Wildman–Crippen MR) is 59.8 cm³/mol. The van der Waals surface area contributed by atoms with Crippen molar-refractivity contribution in [3.63, 3.8) is 0 Å². The van der Waals surface area contributed by atoms with E-state index in [-0.39, 0.29) is 12.1 Å². The average molecular weight is 214 g/mol. The maximum absolute atomic E-state index is 11.4. The van der Waals surface area contributed by atoms with E-state index in [4.69, 9.17) is 4.74 Å². The first-order valence-electron chi connectivity index (χ1n) is 5.68. The Bertz CT molecular complexity index is 207. The standard InChI is InChI=1S/C11H22N2O2/c1-4-13-7-5-6-10(8-13)15-11(14)9-12(2)3/h10H,4-9H2,1-3H3/t10-/m0/s1. The smallest absolute Gasteiger partial charge is 0.320 e. The first-order valence-corrected chi connectivity index (χ1v) is 5.68. The van der Waals surface area contributed by atoms with Gasteiger partial charge in [0.1, 0.15) is 6.10 Å². The molecule has 4 nitrogen and oxygen atoms in total. The van der Waals surface area contributed by atoms with Gasteiger partial charge in [-0.1, -0.05) is 6.92 Å². The number of esters is 1. The van der Waals surface area contributed by atoms with Crippen LogP contribution in [-0.4, -0.2) is 62.1 Å². The molecule has 0 aromatic carbocycles. The molecule has 0 radical (unpaired) electrons. The molecule has 1 rings (SSSR count). The van der Waals surface area contributed by atoms with Crippen molar-refractivity contribution in [2.45, 2.75) is 25.9 Å². The Labute approximate surface area is 92.2 Å². The van der Waals surface area contributed by atoms with Crippen LogP contribution in [-0.2, 0) is 9.53 Å². The van der Waals surface area contributed by atoms with Gasteiger partial charge >= 0.3 is 5.97 Å². The molecule has 0 N–H and O–H groups in total. The lowest BCUT2D eigenvalue weighted by Gasteiger charge is -2.31. The van der Waals surface area contributed by atoms with E-state index in [1.54, 1.807) is 0 Å². The summed E-state index contributed by atoms with van der Waals surface area (Å²) in [5, 5.41) is 0. The molecular weight excluding hydrogens is 192 g/mol. The average Bonchev–Trinajstić information content (AvgIpc) is 2.16. The molecule has 0 aliphatic carbocycles. The molecule has 0 aromatic rings. The zero-order valence-electron chi connectivity index (χ0n) is 10.0. The van der Waals surface area contributed by atoms with Crippen molar-refractivity contribution in [1.29, 1.82) is 0 Å². The van der Waals surface area contributed by atoms with Crippen molar-refractivity contribution in [2.24, 2.45) is 0 Å². The zero-order chi connectivity index (χ0) is 11.3. The number of piperidine rings is 1. The summed E-state index contributed by atoms with van der Waals surface area (Å²) in [6.45, 7) is 5.60. The van der Waals surface area contributed by atoms with Gasteiger partial charge in [0, 0.05) is 6.54 Å². The molecule has 0 spiro atoms. The third-order valence-corrected chi connectivity index (χ3v) is 2.65. The van der Waals surface area contributed by atoms with Gasteiger partial charge in [0.25, 0.3) is 0 Å². The molecule has 1 aliphatic rings. The minimum absolute atomic E-state index is 0.103. The highest BCUT2D eigenvalue weighted by atomic mass is 16.5. The molecule has 15 heavy (non-hydrogen) atoms. The number of likely N-dealkylation sites (tertiary alicyclic amines) is 1. The Morgan fingerprint density at radius 2 is 2.27 bits per heavy atom. The summed E-state index contributed by atoms with van der Waals surface area (Å²) in [6.07, 6.45) is 2.25. The van der Waals surface area contributed by atoms with Crippen LogP contribution in [0.25, 0.3) is 0 Å². The van der Waals surface area contributed by atoms with Gasteiger partial charge in [-0.05, 0) is 40.0 Å². The fourth-order valence-corrected chi connectivity index (χ4v) is 1.88. The number of carbonyl (C=O) groups excluding carboxylic acids is 1. The van der Waals surface area contributed by atoms with Crippen molar-refractivity contribution in [3.05, 3.63) is 0 Å². The monoisotopic (exact) mass is 214 g/mol. The van der Waals surface area contributed by atoms with E-state index >= 15 is 0 Å². The summed E-state index contributed by atoms with van der Waals surface area (Å²) < 4.78 is 5.41. The summed E-state index contributed by atoms with van der Waals surface area (Å²) in [7, 11) is 3.75. The topological polar surface area (TPSA) is 32.8 Å². The van der Waals surface area contributed by atoms with Crippen LogP contribution in [0.15, 0.2) is 0 Å². The molecule has 1 heterocycles. The van der Waals surface area contributed by atoms with Crippen LogP contribution in [0.5, 0.6) is 0 Å². The third-order valence-electron chi connectivity index (χ3n) is 2.65.